The summed E-state index contributed by atoms with van der Waals surface area (Å²) in [5, 5.41) is 2.38. The van der Waals surface area contributed by atoms with Gasteiger partial charge in [-0.2, -0.15) is 4.31 Å². The molecule has 0 fully saturated rings. The molecule has 0 aliphatic heterocycles. The Balaban J connectivity index is 1.79. The summed E-state index contributed by atoms with van der Waals surface area (Å²) in [4.78, 5) is 20.3. The lowest BCUT2D eigenvalue weighted by Gasteiger charge is -2.28. The van der Waals surface area contributed by atoms with E-state index < -0.39 is 22.2 Å². The fourth-order valence-corrected chi connectivity index (χ4v) is 5.08. The molecule has 0 spiro atoms. The van der Waals surface area contributed by atoms with Crippen LogP contribution < -0.4 is 5.32 Å². The minimum atomic E-state index is -3.77. The molecule has 0 radical (unpaired) electrons. The lowest BCUT2D eigenvalue weighted by Crippen LogP contribution is -2.42. The van der Waals surface area contributed by atoms with E-state index >= 15 is 0 Å². The number of carbonyl (C=O) groups is 1. The molecule has 0 bridgehead atoms. The number of rotatable bonds is 9. The van der Waals surface area contributed by atoms with Crippen LogP contribution in [0.15, 0.2) is 47.6 Å². The van der Waals surface area contributed by atoms with Crippen molar-refractivity contribution in [2.24, 2.45) is 5.92 Å². The predicted molar refractivity (Wildman–Crippen MR) is 126 cm³/mol. The molecular formula is C23H31N5O4S. The summed E-state index contributed by atoms with van der Waals surface area (Å²) in [5.74, 6) is 1.09. The Hall–Kier alpha value is -2.98. The van der Waals surface area contributed by atoms with Gasteiger partial charge in [0, 0.05) is 26.8 Å². The van der Waals surface area contributed by atoms with Crippen LogP contribution in [-0.2, 0) is 21.3 Å². The molecule has 0 saturated carbocycles. The highest BCUT2D eigenvalue weighted by atomic mass is 32.2. The van der Waals surface area contributed by atoms with Crippen LogP contribution in [0.5, 0.6) is 0 Å². The van der Waals surface area contributed by atoms with Crippen LogP contribution in [-0.4, -0.2) is 60.1 Å². The summed E-state index contributed by atoms with van der Waals surface area (Å²) in [6.45, 7) is 6.48. The third kappa shape index (κ3) is 5.69. The molecule has 0 aliphatic rings. The molecule has 33 heavy (non-hydrogen) atoms. The summed E-state index contributed by atoms with van der Waals surface area (Å²) in [7, 11) is -0.774. The van der Waals surface area contributed by atoms with Crippen molar-refractivity contribution in [3.8, 4) is 0 Å². The quantitative estimate of drug-likeness (QED) is 0.512. The smallest absolute Gasteiger partial charge is 0.406 e. The average Bonchev–Trinajstić information content (AvgIpc) is 3.11. The minimum Gasteiger partial charge on any atom is -0.448 e. The molecule has 1 atom stereocenters. The summed E-state index contributed by atoms with van der Waals surface area (Å²) in [6.07, 6.45) is 3.43. The highest BCUT2D eigenvalue weighted by Crippen LogP contribution is 2.22. The number of pyridine rings is 1. The van der Waals surface area contributed by atoms with Gasteiger partial charge in [0.05, 0.1) is 22.7 Å². The van der Waals surface area contributed by atoms with Gasteiger partial charge >= 0.3 is 6.09 Å². The second kappa shape index (κ2) is 10.3. The van der Waals surface area contributed by atoms with Crippen molar-refractivity contribution in [1.29, 1.82) is 0 Å². The molecule has 0 unspecified atom stereocenters. The van der Waals surface area contributed by atoms with Gasteiger partial charge in [-0.15, -0.1) is 0 Å². The molecule has 1 amide bonds. The van der Waals surface area contributed by atoms with E-state index in [1.807, 2.05) is 39.0 Å². The van der Waals surface area contributed by atoms with Gasteiger partial charge in [-0.05, 0) is 43.0 Å². The van der Waals surface area contributed by atoms with E-state index in [9.17, 15) is 13.2 Å². The van der Waals surface area contributed by atoms with Crippen molar-refractivity contribution in [2.75, 3.05) is 20.7 Å². The SMILES string of the molecule is CNC(=O)OC[C@H](CC(C)C)N(C)S(=O)(=O)c1ccc(Cn2c(C)nc3cnccc32)cc1. The number of imidazole rings is 1. The van der Waals surface area contributed by atoms with Gasteiger partial charge in [-0.3, -0.25) is 4.98 Å². The first-order valence-electron chi connectivity index (χ1n) is 10.8. The molecule has 1 aromatic carbocycles. The number of aryl methyl sites for hydroxylation is 1. The normalized spacial score (nSPS) is 12.9. The first-order valence-corrected chi connectivity index (χ1v) is 12.3. The fraction of sp³-hybridized carbons (Fsp3) is 0.435. The largest absolute Gasteiger partial charge is 0.448 e. The number of amides is 1. The Morgan fingerprint density at radius 2 is 1.91 bits per heavy atom. The monoisotopic (exact) mass is 473 g/mol. The van der Waals surface area contributed by atoms with Crippen LogP contribution in [0, 0.1) is 12.8 Å². The van der Waals surface area contributed by atoms with Crippen molar-refractivity contribution in [1.82, 2.24) is 24.2 Å². The van der Waals surface area contributed by atoms with E-state index in [4.69, 9.17) is 4.74 Å². The zero-order valence-corrected chi connectivity index (χ0v) is 20.5. The zero-order chi connectivity index (χ0) is 24.2. The van der Waals surface area contributed by atoms with Crippen LogP contribution in [0.3, 0.4) is 0 Å². The number of nitrogens with one attached hydrogen (secondary N) is 1. The summed E-state index contributed by atoms with van der Waals surface area (Å²) in [6, 6.07) is 8.29. The molecule has 1 N–H and O–H groups in total. The second-order valence-electron chi connectivity index (χ2n) is 8.41. The molecule has 9 nitrogen and oxygen atoms in total. The molecular weight excluding hydrogens is 442 g/mol. The molecule has 2 aromatic heterocycles. The summed E-state index contributed by atoms with van der Waals surface area (Å²) < 4.78 is 35.1. The Bertz CT molecular complexity index is 1210. The lowest BCUT2D eigenvalue weighted by molar-refractivity contribution is 0.117. The first-order chi connectivity index (χ1) is 15.6. The standard InChI is InChI=1S/C23H31N5O4S/c1-16(2)12-19(15-32-23(29)24-4)27(5)33(30,31)20-8-6-18(7-9-20)14-28-17(3)26-21-13-25-11-10-22(21)28/h6-11,13,16,19H,12,14-15H2,1-5H3,(H,24,29)/t19-/m0/s1. The highest BCUT2D eigenvalue weighted by Gasteiger charge is 2.29. The van der Waals surface area contributed by atoms with Crippen molar-refractivity contribution in [3.63, 3.8) is 0 Å². The maximum Gasteiger partial charge on any atom is 0.406 e. The van der Waals surface area contributed by atoms with Crippen LogP contribution in [0.1, 0.15) is 31.7 Å². The molecule has 0 aliphatic carbocycles. The number of aromatic nitrogens is 3. The fourth-order valence-electron chi connectivity index (χ4n) is 3.72. The minimum absolute atomic E-state index is 0.0203. The van der Waals surface area contributed by atoms with Crippen LogP contribution in [0.2, 0.25) is 0 Å². The third-order valence-corrected chi connectivity index (χ3v) is 7.48. The predicted octanol–water partition coefficient (Wildman–Crippen LogP) is 3.18. The summed E-state index contributed by atoms with van der Waals surface area (Å²) in [5.41, 5.74) is 2.76. The maximum absolute atomic E-state index is 13.3. The number of ether oxygens (including phenoxy) is 1. The van der Waals surface area contributed by atoms with Crippen molar-refractivity contribution in [3.05, 3.63) is 54.1 Å². The molecule has 0 saturated heterocycles. The van der Waals surface area contributed by atoms with E-state index in [1.54, 1.807) is 24.5 Å². The number of fused-ring (bicyclic) bond motifs is 1. The number of alkyl carbamates (subject to hydrolysis) is 1. The zero-order valence-electron chi connectivity index (χ0n) is 19.6. The number of carbonyl (C=O) groups excluding carboxylic acids is 1. The first kappa shape index (κ1) is 24.7. The van der Waals surface area contributed by atoms with Gasteiger partial charge < -0.3 is 14.6 Å². The number of hydrogen-bond donors (Lipinski definition) is 1. The van der Waals surface area contributed by atoms with Crippen molar-refractivity contribution in [2.45, 2.75) is 44.7 Å². The van der Waals surface area contributed by atoms with E-state index in [-0.39, 0.29) is 17.4 Å². The highest BCUT2D eigenvalue weighted by molar-refractivity contribution is 7.89. The van der Waals surface area contributed by atoms with E-state index in [1.165, 1.54) is 18.4 Å². The second-order valence-corrected chi connectivity index (χ2v) is 10.4. The van der Waals surface area contributed by atoms with Crippen molar-refractivity contribution < 1.29 is 17.9 Å². The van der Waals surface area contributed by atoms with Gasteiger partial charge in [0.25, 0.3) is 0 Å². The average molecular weight is 474 g/mol. The number of sulfonamides is 1. The van der Waals surface area contributed by atoms with Gasteiger partial charge in [0.1, 0.15) is 17.9 Å². The van der Waals surface area contributed by atoms with Crippen LogP contribution >= 0.6 is 0 Å². The number of nitrogens with zero attached hydrogens (tertiary/aromatic N) is 4. The van der Waals surface area contributed by atoms with Gasteiger partial charge in [0.2, 0.25) is 10.0 Å². The molecule has 178 valence electrons. The Morgan fingerprint density at radius 3 is 2.55 bits per heavy atom. The number of benzene rings is 1. The molecule has 2 heterocycles. The lowest BCUT2D eigenvalue weighted by atomic mass is 10.0. The Morgan fingerprint density at radius 1 is 1.21 bits per heavy atom. The Labute approximate surface area is 194 Å². The molecule has 10 heteroatoms. The van der Waals surface area contributed by atoms with E-state index in [0.717, 1.165) is 22.4 Å². The topological polar surface area (TPSA) is 106 Å². The number of hydrogen-bond acceptors (Lipinski definition) is 6. The third-order valence-electron chi connectivity index (χ3n) is 5.55. The summed E-state index contributed by atoms with van der Waals surface area (Å²) >= 11 is 0. The van der Waals surface area contributed by atoms with Crippen molar-refractivity contribution >= 4 is 27.1 Å². The van der Waals surface area contributed by atoms with Gasteiger partial charge in [-0.1, -0.05) is 26.0 Å². The maximum atomic E-state index is 13.3. The van der Waals surface area contributed by atoms with Crippen LogP contribution in [0.25, 0.3) is 11.0 Å². The van der Waals surface area contributed by atoms with Crippen LogP contribution in [0.4, 0.5) is 4.79 Å². The van der Waals surface area contributed by atoms with Gasteiger partial charge in [-0.25, -0.2) is 18.2 Å². The van der Waals surface area contributed by atoms with Gasteiger partial charge in [0.15, 0.2) is 0 Å². The molecule has 3 aromatic rings. The Kier molecular flexibility index (Phi) is 7.70. The van der Waals surface area contributed by atoms with E-state index in [0.29, 0.717) is 13.0 Å². The van der Waals surface area contributed by atoms with E-state index in [2.05, 4.69) is 19.9 Å². The molecule has 3 rings (SSSR count). The number of likely N-dealkylation sites (N-methyl/N-ethyl adjacent to an activating group) is 1.